The summed E-state index contributed by atoms with van der Waals surface area (Å²) >= 11 is 3.48. The predicted octanol–water partition coefficient (Wildman–Crippen LogP) is 2.53. The Labute approximate surface area is 114 Å². The molecule has 1 aliphatic rings. The van der Waals surface area contributed by atoms with E-state index in [1.54, 1.807) is 7.11 Å². The number of nitrogens with one attached hydrogen (secondary N) is 2. The second-order valence-corrected chi connectivity index (χ2v) is 5.30. The lowest BCUT2D eigenvalue weighted by atomic mass is 10.0. The Bertz CT molecular complexity index is 563. The highest BCUT2D eigenvalue weighted by atomic mass is 79.9. The highest BCUT2D eigenvalue weighted by Gasteiger charge is 2.22. The molecule has 0 amide bonds. The van der Waals surface area contributed by atoms with Gasteiger partial charge in [-0.3, -0.25) is 0 Å². The highest BCUT2D eigenvalue weighted by Crippen LogP contribution is 2.32. The first kappa shape index (κ1) is 11.7. The third-order valence-electron chi connectivity index (χ3n) is 3.22. The van der Waals surface area contributed by atoms with Gasteiger partial charge in [0.25, 0.3) is 0 Å². The zero-order valence-corrected chi connectivity index (χ0v) is 11.6. The minimum absolute atomic E-state index is 0.511. The monoisotopic (exact) mass is 307 g/mol. The van der Waals surface area contributed by atoms with Gasteiger partial charge < -0.3 is 15.0 Å². The number of ether oxygens (including phenoxy) is 1. The number of imidazole rings is 1. The Morgan fingerprint density at radius 3 is 2.89 bits per heavy atom. The summed E-state index contributed by atoms with van der Waals surface area (Å²) in [5.41, 5.74) is 2.02. The van der Waals surface area contributed by atoms with Gasteiger partial charge in [0.15, 0.2) is 0 Å². The van der Waals surface area contributed by atoms with Gasteiger partial charge in [0, 0.05) is 29.0 Å². The van der Waals surface area contributed by atoms with Crippen LogP contribution in [0.1, 0.15) is 11.7 Å². The summed E-state index contributed by atoms with van der Waals surface area (Å²) in [6, 6.07) is 5.95. The highest BCUT2D eigenvalue weighted by molar-refractivity contribution is 9.10. The van der Waals surface area contributed by atoms with Crippen molar-refractivity contribution in [2.45, 2.75) is 5.92 Å². The summed E-state index contributed by atoms with van der Waals surface area (Å²) in [7, 11) is 1.68. The summed E-state index contributed by atoms with van der Waals surface area (Å²) in [5, 5.41) is 3.25. The number of rotatable bonds is 3. The molecule has 0 spiro atoms. The first-order valence-corrected chi connectivity index (χ1v) is 6.67. The van der Waals surface area contributed by atoms with Crippen LogP contribution in [0.15, 0.2) is 28.9 Å². The molecule has 2 aromatic rings. The lowest BCUT2D eigenvalue weighted by molar-refractivity contribution is 0.416. The van der Waals surface area contributed by atoms with Crippen LogP contribution in [0.4, 0.5) is 0 Å². The molecule has 0 saturated carbocycles. The molecule has 1 saturated heterocycles. The Kier molecular flexibility index (Phi) is 3.09. The van der Waals surface area contributed by atoms with Gasteiger partial charge in [0.1, 0.15) is 11.6 Å². The average Bonchev–Trinajstić information content (AvgIpc) is 2.76. The number of aromatic amines is 1. The Balaban J connectivity index is 1.98. The van der Waals surface area contributed by atoms with Gasteiger partial charge in [-0.1, -0.05) is 15.9 Å². The molecule has 1 aromatic heterocycles. The molecule has 0 bridgehead atoms. The van der Waals surface area contributed by atoms with Crippen LogP contribution in [-0.2, 0) is 0 Å². The number of hydrogen-bond donors (Lipinski definition) is 2. The van der Waals surface area contributed by atoms with E-state index in [9.17, 15) is 0 Å². The summed E-state index contributed by atoms with van der Waals surface area (Å²) in [4.78, 5) is 7.83. The summed E-state index contributed by atoms with van der Waals surface area (Å²) in [6.07, 6.45) is 1.87. The molecule has 0 unspecified atom stereocenters. The van der Waals surface area contributed by atoms with Crippen LogP contribution in [0.25, 0.3) is 11.3 Å². The largest absolute Gasteiger partial charge is 0.496 e. The zero-order valence-electron chi connectivity index (χ0n) is 10.0. The molecule has 94 valence electrons. The first-order chi connectivity index (χ1) is 8.78. The average molecular weight is 308 g/mol. The van der Waals surface area contributed by atoms with Crippen LogP contribution in [-0.4, -0.2) is 30.2 Å². The van der Waals surface area contributed by atoms with Gasteiger partial charge in [-0.05, 0) is 18.2 Å². The molecule has 1 aromatic carbocycles. The molecule has 5 heteroatoms. The second kappa shape index (κ2) is 4.74. The van der Waals surface area contributed by atoms with Crippen molar-refractivity contribution in [1.29, 1.82) is 0 Å². The van der Waals surface area contributed by atoms with Crippen molar-refractivity contribution >= 4 is 15.9 Å². The molecule has 0 atom stereocenters. The van der Waals surface area contributed by atoms with Gasteiger partial charge in [-0.15, -0.1) is 0 Å². The fourth-order valence-electron chi connectivity index (χ4n) is 2.05. The smallest absolute Gasteiger partial charge is 0.128 e. The third-order valence-corrected chi connectivity index (χ3v) is 3.71. The van der Waals surface area contributed by atoms with E-state index >= 15 is 0 Å². The molecule has 1 fully saturated rings. The van der Waals surface area contributed by atoms with Gasteiger partial charge in [0.05, 0.1) is 19.0 Å². The van der Waals surface area contributed by atoms with Crippen molar-refractivity contribution in [3.05, 3.63) is 34.7 Å². The van der Waals surface area contributed by atoms with Crippen LogP contribution >= 0.6 is 15.9 Å². The molecule has 1 aliphatic heterocycles. The topological polar surface area (TPSA) is 49.9 Å². The van der Waals surface area contributed by atoms with Crippen molar-refractivity contribution in [2.75, 3.05) is 20.2 Å². The lowest BCUT2D eigenvalue weighted by Crippen LogP contribution is -2.40. The predicted molar refractivity (Wildman–Crippen MR) is 73.9 cm³/mol. The van der Waals surface area contributed by atoms with Crippen LogP contribution in [0.5, 0.6) is 5.75 Å². The van der Waals surface area contributed by atoms with E-state index in [-0.39, 0.29) is 0 Å². The fourth-order valence-corrected chi connectivity index (χ4v) is 2.41. The number of halogens is 1. The third kappa shape index (κ3) is 2.04. The molecule has 0 aliphatic carbocycles. The van der Waals surface area contributed by atoms with Gasteiger partial charge in [-0.25, -0.2) is 4.98 Å². The maximum Gasteiger partial charge on any atom is 0.128 e. The summed E-state index contributed by atoms with van der Waals surface area (Å²) in [6.45, 7) is 2.01. The van der Waals surface area contributed by atoms with E-state index < -0.39 is 0 Å². The second-order valence-electron chi connectivity index (χ2n) is 4.38. The van der Waals surface area contributed by atoms with Crippen LogP contribution in [0, 0.1) is 0 Å². The van der Waals surface area contributed by atoms with E-state index in [0.717, 1.165) is 40.4 Å². The van der Waals surface area contributed by atoms with Crippen molar-refractivity contribution in [2.24, 2.45) is 0 Å². The Hall–Kier alpha value is -1.33. The SMILES string of the molecule is COc1ccc(Br)cc1-c1cnc(C2CNC2)[nH]1. The molecule has 2 N–H and O–H groups in total. The van der Waals surface area contributed by atoms with Gasteiger partial charge in [-0.2, -0.15) is 0 Å². The van der Waals surface area contributed by atoms with E-state index in [1.807, 2.05) is 24.4 Å². The minimum Gasteiger partial charge on any atom is -0.496 e. The van der Waals surface area contributed by atoms with Crippen LogP contribution in [0.2, 0.25) is 0 Å². The lowest BCUT2D eigenvalue weighted by Gasteiger charge is -2.24. The molecular weight excluding hydrogens is 294 g/mol. The standard InChI is InChI=1S/C13H14BrN3O/c1-18-12-3-2-9(14)4-10(12)11-7-16-13(17-11)8-5-15-6-8/h2-4,7-8,15H,5-6H2,1H3,(H,16,17). The first-order valence-electron chi connectivity index (χ1n) is 5.87. The van der Waals surface area contributed by atoms with Crippen molar-refractivity contribution in [3.8, 4) is 17.0 Å². The molecule has 0 radical (unpaired) electrons. The number of methoxy groups -OCH3 is 1. The van der Waals surface area contributed by atoms with E-state index in [0.29, 0.717) is 5.92 Å². The van der Waals surface area contributed by atoms with Crippen LogP contribution in [0.3, 0.4) is 0 Å². The number of hydrogen-bond acceptors (Lipinski definition) is 3. The summed E-state index contributed by atoms with van der Waals surface area (Å²) in [5.74, 6) is 2.41. The quantitative estimate of drug-likeness (QED) is 0.916. The van der Waals surface area contributed by atoms with Crippen molar-refractivity contribution in [3.63, 3.8) is 0 Å². The molecular formula is C13H14BrN3O. The maximum atomic E-state index is 5.38. The number of benzene rings is 1. The fraction of sp³-hybridized carbons (Fsp3) is 0.308. The normalized spacial score (nSPS) is 15.4. The Morgan fingerprint density at radius 2 is 2.22 bits per heavy atom. The molecule has 18 heavy (non-hydrogen) atoms. The number of H-pyrrole nitrogens is 1. The van der Waals surface area contributed by atoms with Crippen molar-refractivity contribution < 1.29 is 4.74 Å². The summed E-state index contributed by atoms with van der Waals surface area (Å²) < 4.78 is 6.41. The molecule has 4 nitrogen and oxygen atoms in total. The van der Waals surface area contributed by atoms with E-state index in [1.165, 1.54) is 0 Å². The van der Waals surface area contributed by atoms with E-state index in [2.05, 4.69) is 31.2 Å². The van der Waals surface area contributed by atoms with Gasteiger partial charge in [0.2, 0.25) is 0 Å². The van der Waals surface area contributed by atoms with Crippen molar-refractivity contribution in [1.82, 2.24) is 15.3 Å². The maximum absolute atomic E-state index is 5.38. The Morgan fingerprint density at radius 1 is 1.39 bits per heavy atom. The molecule has 3 rings (SSSR count). The van der Waals surface area contributed by atoms with Crippen LogP contribution < -0.4 is 10.1 Å². The number of aromatic nitrogens is 2. The minimum atomic E-state index is 0.511. The number of nitrogens with zero attached hydrogens (tertiary/aromatic N) is 1. The molecule has 2 heterocycles. The van der Waals surface area contributed by atoms with E-state index in [4.69, 9.17) is 4.74 Å². The zero-order chi connectivity index (χ0) is 12.5. The van der Waals surface area contributed by atoms with Gasteiger partial charge >= 0.3 is 0 Å².